The van der Waals surface area contributed by atoms with Crippen LogP contribution >= 0.6 is 0 Å². The van der Waals surface area contributed by atoms with Crippen molar-refractivity contribution in [3.05, 3.63) is 29.8 Å². The molecule has 0 atom stereocenters. The summed E-state index contributed by atoms with van der Waals surface area (Å²) >= 11 is 0. The lowest BCUT2D eigenvalue weighted by Crippen LogP contribution is -2.28. The zero-order valence-electron chi connectivity index (χ0n) is 12.2. The van der Waals surface area contributed by atoms with E-state index in [2.05, 4.69) is 38.2 Å². The van der Waals surface area contributed by atoms with E-state index in [0.717, 1.165) is 5.75 Å². The van der Waals surface area contributed by atoms with Crippen LogP contribution in [0.15, 0.2) is 24.3 Å². The molecule has 0 radical (unpaired) electrons. The highest BCUT2D eigenvalue weighted by atomic mass is 16.5. The Morgan fingerprint density at radius 2 is 1.84 bits per heavy atom. The van der Waals surface area contributed by atoms with Gasteiger partial charge in [-0.3, -0.25) is 0 Å². The van der Waals surface area contributed by atoms with Gasteiger partial charge in [-0.05, 0) is 30.0 Å². The van der Waals surface area contributed by atoms with Gasteiger partial charge >= 0.3 is 6.09 Å². The molecule has 1 N–H and O–H groups in total. The molecular weight excluding hydrogens is 242 g/mol. The van der Waals surface area contributed by atoms with E-state index < -0.39 is 6.09 Å². The van der Waals surface area contributed by atoms with Crippen LogP contribution in [0.4, 0.5) is 4.79 Å². The molecule has 0 aliphatic carbocycles. The Balaban J connectivity index is 2.33. The number of ether oxygens (including phenoxy) is 2. The summed E-state index contributed by atoms with van der Waals surface area (Å²) in [4.78, 5) is 11.0. The molecule has 0 bridgehead atoms. The Hall–Kier alpha value is -1.71. The highest BCUT2D eigenvalue weighted by Gasteiger charge is 2.12. The Morgan fingerprint density at radius 3 is 2.37 bits per heavy atom. The van der Waals surface area contributed by atoms with Crippen molar-refractivity contribution in [3.63, 3.8) is 0 Å². The molecule has 0 unspecified atom stereocenters. The van der Waals surface area contributed by atoms with Gasteiger partial charge in [-0.25, -0.2) is 4.79 Å². The fourth-order valence-electron chi connectivity index (χ4n) is 1.56. The van der Waals surface area contributed by atoms with Crippen LogP contribution in [-0.4, -0.2) is 25.9 Å². The standard InChI is InChI=1S/C15H23NO3/c1-5-18-14(17)16-10-11-19-13-8-6-12(7-9-13)15(2,3)4/h6-9H,5,10-11H2,1-4H3,(H,16,17). The Bertz CT molecular complexity index is 393. The molecule has 0 fully saturated rings. The number of carbonyl (C=O) groups is 1. The molecule has 1 rings (SSSR count). The number of nitrogens with one attached hydrogen (secondary N) is 1. The predicted octanol–water partition coefficient (Wildman–Crippen LogP) is 3.11. The van der Waals surface area contributed by atoms with Crippen LogP contribution in [0.1, 0.15) is 33.3 Å². The Labute approximate surface area is 115 Å². The molecule has 1 aromatic carbocycles. The van der Waals surface area contributed by atoms with Gasteiger partial charge in [0, 0.05) is 0 Å². The van der Waals surface area contributed by atoms with Gasteiger partial charge in [-0.15, -0.1) is 0 Å². The molecule has 4 heteroatoms. The van der Waals surface area contributed by atoms with E-state index in [1.165, 1.54) is 5.56 Å². The van der Waals surface area contributed by atoms with Gasteiger partial charge in [-0.1, -0.05) is 32.9 Å². The van der Waals surface area contributed by atoms with Crippen LogP contribution in [0.25, 0.3) is 0 Å². The van der Waals surface area contributed by atoms with Gasteiger partial charge in [0.1, 0.15) is 12.4 Å². The van der Waals surface area contributed by atoms with E-state index in [0.29, 0.717) is 19.8 Å². The number of hydrogen-bond donors (Lipinski definition) is 1. The van der Waals surface area contributed by atoms with Crippen molar-refractivity contribution in [2.24, 2.45) is 0 Å². The van der Waals surface area contributed by atoms with E-state index in [1.54, 1.807) is 6.92 Å². The van der Waals surface area contributed by atoms with Gasteiger partial charge in [0.05, 0.1) is 13.2 Å². The minimum atomic E-state index is -0.408. The first kappa shape index (κ1) is 15.3. The second-order valence-corrected chi connectivity index (χ2v) is 5.27. The van der Waals surface area contributed by atoms with E-state index >= 15 is 0 Å². The first-order valence-electron chi connectivity index (χ1n) is 6.57. The highest BCUT2D eigenvalue weighted by Crippen LogP contribution is 2.24. The lowest BCUT2D eigenvalue weighted by atomic mass is 9.87. The molecule has 0 aromatic heterocycles. The Kier molecular flexibility index (Phi) is 5.67. The summed E-state index contributed by atoms with van der Waals surface area (Å²) in [7, 11) is 0. The molecule has 4 nitrogen and oxygen atoms in total. The molecule has 1 aromatic rings. The van der Waals surface area contributed by atoms with Crippen LogP contribution < -0.4 is 10.1 Å². The van der Waals surface area contributed by atoms with Gasteiger partial charge in [0.25, 0.3) is 0 Å². The molecule has 1 amide bonds. The van der Waals surface area contributed by atoms with Gasteiger partial charge in [0.2, 0.25) is 0 Å². The topological polar surface area (TPSA) is 47.6 Å². The molecule has 0 saturated heterocycles. The zero-order chi connectivity index (χ0) is 14.3. The number of hydrogen-bond acceptors (Lipinski definition) is 3. The van der Waals surface area contributed by atoms with Crippen molar-refractivity contribution in [2.45, 2.75) is 33.1 Å². The van der Waals surface area contributed by atoms with E-state index in [1.807, 2.05) is 12.1 Å². The quantitative estimate of drug-likeness (QED) is 0.832. The van der Waals surface area contributed by atoms with Crippen LogP contribution in [0.2, 0.25) is 0 Å². The number of amides is 1. The number of alkyl carbamates (subject to hydrolysis) is 1. The van der Waals surface area contributed by atoms with Gasteiger partial charge < -0.3 is 14.8 Å². The lowest BCUT2D eigenvalue weighted by molar-refractivity contribution is 0.150. The lowest BCUT2D eigenvalue weighted by Gasteiger charge is -2.19. The molecule has 19 heavy (non-hydrogen) atoms. The number of carbonyl (C=O) groups excluding carboxylic acids is 1. The van der Waals surface area contributed by atoms with Crippen LogP contribution in [0.3, 0.4) is 0 Å². The minimum Gasteiger partial charge on any atom is -0.492 e. The number of benzene rings is 1. The maximum atomic E-state index is 11.0. The monoisotopic (exact) mass is 265 g/mol. The maximum absolute atomic E-state index is 11.0. The fourth-order valence-corrected chi connectivity index (χ4v) is 1.56. The maximum Gasteiger partial charge on any atom is 0.407 e. The van der Waals surface area contributed by atoms with Crippen LogP contribution in [0.5, 0.6) is 5.75 Å². The van der Waals surface area contributed by atoms with Crippen molar-refractivity contribution >= 4 is 6.09 Å². The summed E-state index contributed by atoms with van der Waals surface area (Å²) in [6.07, 6.45) is -0.408. The largest absolute Gasteiger partial charge is 0.492 e. The molecule has 0 saturated carbocycles. The SMILES string of the molecule is CCOC(=O)NCCOc1ccc(C(C)(C)C)cc1. The first-order valence-corrected chi connectivity index (χ1v) is 6.57. The molecule has 0 heterocycles. The average Bonchev–Trinajstić information content (AvgIpc) is 2.34. The van der Waals surface area contributed by atoms with Crippen molar-refractivity contribution < 1.29 is 14.3 Å². The van der Waals surface area contributed by atoms with Gasteiger partial charge in [-0.2, -0.15) is 0 Å². The summed E-state index contributed by atoms with van der Waals surface area (Å²) in [6, 6.07) is 8.03. The third-order valence-electron chi connectivity index (χ3n) is 2.64. The molecular formula is C15H23NO3. The van der Waals surface area contributed by atoms with E-state index in [4.69, 9.17) is 9.47 Å². The van der Waals surface area contributed by atoms with Crippen LogP contribution in [-0.2, 0) is 10.2 Å². The smallest absolute Gasteiger partial charge is 0.407 e. The van der Waals surface area contributed by atoms with E-state index in [9.17, 15) is 4.79 Å². The summed E-state index contributed by atoms with van der Waals surface area (Å²) < 4.78 is 10.3. The van der Waals surface area contributed by atoms with E-state index in [-0.39, 0.29) is 5.41 Å². The normalized spacial score (nSPS) is 10.9. The summed E-state index contributed by atoms with van der Waals surface area (Å²) in [6.45, 7) is 9.52. The van der Waals surface area contributed by atoms with Crippen LogP contribution in [0, 0.1) is 0 Å². The Morgan fingerprint density at radius 1 is 1.21 bits per heavy atom. The first-order chi connectivity index (χ1) is 8.93. The molecule has 0 aliphatic heterocycles. The fraction of sp³-hybridized carbons (Fsp3) is 0.533. The zero-order valence-corrected chi connectivity index (χ0v) is 12.2. The van der Waals surface area contributed by atoms with Crippen molar-refractivity contribution in [2.75, 3.05) is 19.8 Å². The van der Waals surface area contributed by atoms with Crippen molar-refractivity contribution in [1.82, 2.24) is 5.32 Å². The highest BCUT2D eigenvalue weighted by molar-refractivity contribution is 5.66. The van der Waals surface area contributed by atoms with Gasteiger partial charge in [0.15, 0.2) is 0 Å². The van der Waals surface area contributed by atoms with Crippen molar-refractivity contribution in [1.29, 1.82) is 0 Å². The summed E-state index contributed by atoms with van der Waals surface area (Å²) in [5.74, 6) is 0.804. The average molecular weight is 265 g/mol. The third kappa shape index (κ3) is 5.64. The summed E-state index contributed by atoms with van der Waals surface area (Å²) in [5.41, 5.74) is 1.41. The molecule has 0 aliphatic rings. The summed E-state index contributed by atoms with van der Waals surface area (Å²) in [5, 5.41) is 2.60. The molecule has 106 valence electrons. The molecule has 0 spiro atoms. The second-order valence-electron chi connectivity index (χ2n) is 5.27. The number of rotatable bonds is 5. The predicted molar refractivity (Wildman–Crippen MR) is 75.7 cm³/mol. The third-order valence-corrected chi connectivity index (χ3v) is 2.64. The minimum absolute atomic E-state index is 0.143. The second kappa shape index (κ2) is 7.02. The van der Waals surface area contributed by atoms with Crippen molar-refractivity contribution in [3.8, 4) is 5.75 Å².